The Morgan fingerprint density at radius 1 is 1.38 bits per heavy atom. The summed E-state index contributed by atoms with van der Waals surface area (Å²) in [4.78, 5) is 20.1. The molecule has 0 fully saturated rings. The first-order valence-corrected chi connectivity index (χ1v) is 4.10. The molecule has 0 atom stereocenters. The Balaban J connectivity index is 2.89. The molecule has 0 spiro atoms. The summed E-state index contributed by atoms with van der Waals surface area (Å²) in [7, 11) is 1.12. The average Bonchev–Trinajstić information content (AvgIpc) is 2.43. The molecular formula is C7H6F3N5O. The summed E-state index contributed by atoms with van der Waals surface area (Å²) in [6.07, 6.45) is -4.64. The van der Waals surface area contributed by atoms with Gasteiger partial charge >= 0.3 is 6.18 Å². The third kappa shape index (κ3) is 1.40. The van der Waals surface area contributed by atoms with E-state index in [0.717, 1.165) is 7.05 Å². The molecule has 0 bridgehead atoms. The van der Waals surface area contributed by atoms with Crippen molar-refractivity contribution in [2.24, 2.45) is 7.05 Å². The van der Waals surface area contributed by atoms with Gasteiger partial charge in [-0.25, -0.2) is 4.98 Å². The number of alkyl halides is 3. The lowest BCUT2D eigenvalue weighted by atomic mass is 10.5. The number of hydrogen-bond acceptors (Lipinski definition) is 4. The van der Waals surface area contributed by atoms with Crippen LogP contribution in [0.25, 0.3) is 11.2 Å². The third-order valence-corrected chi connectivity index (χ3v) is 2.00. The van der Waals surface area contributed by atoms with E-state index >= 15 is 0 Å². The summed E-state index contributed by atoms with van der Waals surface area (Å²) in [5.41, 5.74) is 3.84. The summed E-state index contributed by atoms with van der Waals surface area (Å²) in [5, 5.41) is 0. The first kappa shape index (κ1) is 10.5. The number of aromatic amines is 1. The smallest absolute Gasteiger partial charge is 0.369 e. The highest BCUT2D eigenvalue weighted by Crippen LogP contribution is 2.29. The zero-order valence-electron chi connectivity index (χ0n) is 7.96. The van der Waals surface area contributed by atoms with E-state index in [0.29, 0.717) is 4.57 Å². The van der Waals surface area contributed by atoms with E-state index in [1.165, 1.54) is 0 Å². The normalized spacial score (nSPS) is 12.2. The Kier molecular flexibility index (Phi) is 1.94. The second-order valence-electron chi connectivity index (χ2n) is 3.12. The number of anilines is 1. The standard InChI is InChI=1S/C7H6F3N5O/c1-15-3-2(4(16)14-6(11)13-3)12-5(15)7(8,9)10/h1H3,(H3,11,13,14,16). The van der Waals surface area contributed by atoms with E-state index < -0.39 is 17.6 Å². The van der Waals surface area contributed by atoms with Crippen molar-refractivity contribution in [3.8, 4) is 0 Å². The van der Waals surface area contributed by atoms with Gasteiger partial charge in [-0.1, -0.05) is 0 Å². The number of nitrogens with one attached hydrogen (secondary N) is 1. The second kappa shape index (κ2) is 2.97. The van der Waals surface area contributed by atoms with Crippen LogP contribution in [0.1, 0.15) is 5.82 Å². The van der Waals surface area contributed by atoms with Crippen molar-refractivity contribution in [1.82, 2.24) is 19.5 Å². The summed E-state index contributed by atoms with van der Waals surface area (Å²) >= 11 is 0. The number of nitrogen functional groups attached to an aromatic ring is 1. The van der Waals surface area contributed by atoms with Crippen molar-refractivity contribution in [3.05, 3.63) is 16.2 Å². The van der Waals surface area contributed by atoms with Crippen LogP contribution < -0.4 is 11.3 Å². The van der Waals surface area contributed by atoms with Crippen LogP contribution in [0.15, 0.2) is 4.79 Å². The maximum atomic E-state index is 12.5. The number of halogens is 3. The lowest BCUT2D eigenvalue weighted by molar-refractivity contribution is -0.146. The minimum absolute atomic E-state index is 0.200. The molecule has 0 unspecified atom stereocenters. The maximum absolute atomic E-state index is 12.5. The number of nitrogens with zero attached hydrogens (tertiary/aromatic N) is 3. The zero-order valence-corrected chi connectivity index (χ0v) is 7.96. The topological polar surface area (TPSA) is 89.6 Å². The van der Waals surface area contributed by atoms with Gasteiger partial charge in [-0.3, -0.25) is 9.78 Å². The zero-order chi connectivity index (χ0) is 12.1. The highest BCUT2D eigenvalue weighted by Gasteiger charge is 2.37. The van der Waals surface area contributed by atoms with Gasteiger partial charge in [0.2, 0.25) is 11.8 Å². The fraction of sp³-hybridized carbons (Fsp3) is 0.286. The van der Waals surface area contributed by atoms with Crippen LogP contribution in [0.5, 0.6) is 0 Å². The maximum Gasteiger partial charge on any atom is 0.449 e. The second-order valence-corrected chi connectivity index (χ2v) is 3.12. The van der Waals surface area contributed by atoms with E-state index in [1.807, 2.05) is 0 Å². The van der Waals surface area contributed by atoms with E-state index in [2.05, 4.69) is 15.0 Å². The Morgan fingerprint density at radius 2 is 2.00 bits per heavy atom. The van der Waals surface area contributed by atoms with Gasteiger partial charge in [0.1, 0.15) is 0 Å². The van der Waals surface area contributed by atoms with Crippen LogP contribution in [0.2, 0.25) is 0 Å². The van der Waals surface area contributed by atoms with E-state index in [9.17, 15) is 18.0 Å². The van der Waals surface area contributed by atoms with Crippen LogP contribution in [0.3, 0.4) is 0 Å². The molecule has 0 aliphatic rings. The number of aromatic nitrogens is 4. The number of H-pyrrole nitrogens is 1. The third-order valence-electron chi connectivity index (χ3n) is 2.00. The molecular weight excluding hydrogens is 227 g/mol. The first-order valence-electron chi connectivity index (χ1n) is 4.10. The molecule has 2 rings (SSSR count). The Labute approximate surface area is 85.9 Å². The van der Waals surface area contributed by atoms with Gasteiger partial charge in [0.05, 0.1) is 0 Å². The molecule has 2 aromatic rings. The molecule has 0 amide bonds. The highest BCUT2D eigenvalue weighted by molar-refractivity contribution is 5.71. The fourth-order valence-electron chi connectivity index (χ4n) is 1.34. The van der Waals surface area contributed by atoms with Gasteiger partial charge in [0, 0.05) is 7.05 Å². The molecule has 0 radical (unpaired) electrons. The average molecular weight is 233 g/mol. The lowest BCUT2D eigenvalue weighted by Crippen LogP contribution is -2.12. The molecule has 16 heavy (non-hydrogen) atoms. The Hall–Kier alpha value is -2.06. The quantitative estimate of drug-likeness (QED) is 0.682. The van der Waals surface area contributed by atoms with Gasteiger partial charge in [0.15, 0.2) is 11.2 Å². The van der Waals surface area contributed by atoms with Crippen LogP contribution in [0, 0.1) is 0 Å². The van der Waals surface area contributed by atoms with Gasteiger partial charge in [-0.2, -0.15) is 18.2 Å². The molecule has 9 heteroatoms. The lowest BCUT2D eigenvalue weighted by Gasteiger charge is -2.04. The fourth-order valence-corrected chi connectivity index (χ4v) is 1.34. The molecule has 2 heterocycles. The monoisotopic (exact) mass is 233 g/mol. The Morgan fingerprint density at radius 3 is 2.56 bits per heavy atom. The minimum atomic E-state index is -4.64. The van der Waals surface area contributed by atoms with Crippen LogP contribution >= 0.6 is 0 Å². The molecule has 0 aliphatic carbocycles. The van der Waals surface area contributed by atoms with Crippen LogP contribution in [0.4, 0.5) is 19.1 Å². The first-order chi connectivity index (χ1) is 7.30. The summed E-state index contributed by atoms with van der Waals surface area (Å²) in [5.74, 6) is -1.44. The summed E-state index contributed by atoms with van der Waals surface area (Å²) < 4.78 is 38.1. The van der Waals surface area contributed by atoms with Crippen molar-refractivity contribution < 1.29 is 13.2 Å². The van der Waals surface area contributed by atoms with E-state index in [1.54, 1.807) is 0 Å². The SMILES string of the molecule is Cn1c(C(F)(F)F)nc2c(=O)[nH]c(N)nc21. The minimum Gasteiger partial charge on any atom is -0.369 e. The molecule has 0 saturated heterocycles. The van der Waals surface area contributed by atoms with Crippen LogP contribution in [-0.2, 0) is 13.2 Å². The van der Waals surface area contributed by atoms with Crippen molar-refractivity contribution in [2.45, 2.75) is 6.18 Å². The number of fused-ring (bicyclic) bond motifs is 1. The van der Waals surface area contributed by atoms with Gasteiger partial charge in [-0.05, 0) is 0 Å². The Bertz CT molecular complexity index is 611. The molecule has 86 valence electrons. The summed E-state index contributed by atoms with van der Waals surface area (Å²) in [6, 6.07) is 0. The molecule has 0 aromatic carbocycles. The predicted molar refractivity (Wildman–Crippen MR) is 48.5 cm³/mol. The molecule has 0 saturated carbocycles. The molecule has 0 aliphatic heterocycles. The van der Waals surface area contributed by atoms with Gasteiger partial charge in [-0.15, -0.1) is 0 Å². The number of hydrogen-bond donors (Lipinski definition) is 2. The predicted octanol–water partition coefficient (Wildman–Crippen LogP) is 0.258. The van der Waals surface area contributed by atoms with Gasteiger partial charge < -0.3 is 10.3 Å². The van der Waals surface area contributed by atoms with Crippen molar-refractivity contribution in [3.63, 3.8) is 0 Å². The number of nitrogens with two attached hydrogens (primary N) is 1. The largest absolute Gasteiger partial charge is 0.449 e. The number of rotatable bonds is 0. The van der Waals surface area contributed by atoms with Crippen LogP contribution in [-0.4, -0.2) is 19.5 Å². The van der Waals surface area contributed by atoms with E-state index in [4.69, 9.17) is 5.73 Å². The van der Waals surface area contributed by atoms with E-state index in [-0.39, 0.29) is 17.1 Å². The van der Waals surface area contributed by atoms with Crippen molar-refractivity contribution >= 4 is 17.1 Å². The summed E-state index contributed by atoms with van der Waals surface area (Å²) in [6.45, 7) is 0. The van der Waals surface area contributed by atoms with Crippen molar-refractivity contribution in [2.75, 3.05) is 5.73 Å². The molecule has 3 N–H and O–H groups in total. The number of aryl methyl sites for hydroxylation is 1. The van der Waals surface area contributed by atoms with Crippen molar-refractivity contribution in [1.29, 1.82) is 0 Å². The molecule has 6 nitrogen and oxygen atoms in total. The number of imidazole rings is 1. The highest BCUT2D eigenvalue weighted by atomic mass is 19.4. The van der Waals surface area contributed by atoms with Gasteiger partial charge in [0.25, 0.3) is 5.56 Å². The molecule has 2 aromatic heterocycles.